The third kappa shape index (κ3) is 4.62. The Balaban J connectivity index is 0.00000320. The fourth-order valence-electron chi connectivity index (χ4n) is 4.55. The second kappa shape index (κ2) is 10.4. The minimum Gasteiger partial charge on any atom is -0.547 e. The number of ether oxygens (including phenoxy) is 3. The molecule has 1 saturated heterocycles. The Morgan fingerprint density at radius 3 is 2.08 bits per heavy atom. The number of cyclic esters (lactones) is 1. The average Bonchev–Trinajstić information content (AvgIpc) is 3.18. The Labute approximate surface area is 233 Å². The monoisotopic (exact) mass is 516 g/mol. The number of phenolic OH excluding ortho intramolecular Hbond substituents is 1. The number of esters is 1. The summed E-state index contributed by atoms with van der Waals surface area (Å²) in [5.41, 5.74) is 0.820. The summed E-state index contributed by atoms with van der Waals surface area (Å²) in [7, 11) is 0. The summed E-state index contributed by atoms with van der Waals surface area (Å²) in [6.45, 7) is 0. The number of carboxylic acid groups (broad SMARTS) is 1. The molecule has 0 radical (unpaired) electrons. The number of carbonyl (C=O) groups is 2. The van der Waals surface area contributed by atoms with Crippen molar-refractivity contribution in [2.75, 3.05) is 0 Å². The van der Waals surface area contributed by atoms with Crippen LogP contribution in [0.5, 0.6) is 11.5 Å². The van der Waals surface area contributed by atoms with Gasteiger partial charge in [-0.05, 0) is 30.3 Å². The van der Waals surface area contributed by atoms with E-state index in [9.17, 15) is 35.1 Å². The number of carboxylic acids is 1. The summed E-state index contributed by atoms with van der Waals surface area (Å²) in [4.78, 5) is 24.0. The van der Waals surface area contributed by atoms with Crippen molar-refractivity contribution in [1.29, 1.82) is 0 Å². The predicted octanol–water partition coefficient (Wildman–Crippen LogP) is -3.21. The molecule has 186 valence electrons. The number of aliphatic hydroxyl groups excluding tert-OH is 3. The molecule has 0 bridgehead atoms. The second-order valence-corrected chi connectivity index (χ2v) is 8.52. The van der Waals surface area contributed by atoms with Crippen LogP contribution in [0.2, 0.25) is 0 Å². The number of aliphatic carboxylic acids is 1. The molecule has 3 aromatic rings. The molecule has 4 N–H and O–H groups in total. The molecule has 11 heteroatoms. The fraction of sp³-hybridized carbons (Fsp3) is 0.231. The smallest absolute Gasteiger partial charge is 0.547 e. The SMILES string of the molecule is O=C1OC(c2ccc(O)cc2)(c2ccc(OC3O[C@H](C(=O)[O-])[C@@H](O)[C@H](O)[C@@H]3O)cc2)c2ccccc21.[Na+]. The minimum absolute atomic E-state index is 0. The first kappa shape index (κ1) is 27.1. The molecule has 0 aliphatic carbocycles. The molecule has 2 unspecified atom stereocenters. The van der Waals surface area contributed by atoms with E-state index in [0.29, 0.717) is 22.3 Å². The molecular formula is C26H21NaO10. The third-order valence-electron chi connectivity index (χ3n) is 6.36. The Morgan fingerprint density at radius 2 is 1.46 bits per heavy atom. The number of aliphatic hydroxyl groups is 3. The third-order valence-corrected chi connectivity index (χ3v) is 6.36. The quantitative estimate of drug-likeness (QED) is 0.200. The fourth-order valence-corrected chi connectivity index (χ4v) is 4.55. The molecule has 37 heavy (non-hydrogen) atoms. The van der Waals surface area contributed by atoms with Crippen molar-refractivity contribution in [3.63, 3.8) is 0 Å². The molecule has 5 rings (SSSR count). The summed E-state index contributed by atoms with van der Waals surface area (Å²) in [5, 5.41) is 51.0. The Morgan fingerprint density at radius 1 is 0.865 bits per heavy atom. The standard InChI is InChI=1S/C26H22O10.Na/c27-15-9-5-13(6-10-15)26(18-4-2-1-3-17(18)24(33)36-26)14-7-11-16(12-8-14)34-25-21(30)19(28)20(29)22(35-25)23(31)32;/h1-12,19-22,25,27-30H,(H,31,32);/q;+1/p-1/t19-,20-,21-,22-,25?,26?;/m0./s1. The van der Waals surface area contributed by atoms with Crippen LogP contribution in [0.3, 0.4) is 0 Å². The molecule has 2 aliphatic rings. The summed E-state index contributed by atoms with van der Waals surface area (Å²) >= 11 is 0. The maximum atomic E-state index is 12.8. The summed E-state index contributed by atoms with van der Waals surface area (Å²) in [6.07, 6.45) is -8.97. The van der Waals surface area contributed by atoms with E-state index in [1.807, 2.05) is 0 Å². The number of rotatable bonds is 5. The number of hydrogen-bond acceptors (Lipinski definition) is 10. The van der Waals surface area contributed by atoms with Crippen LogP contribution in [-0.2, 0) is 19.9 Å². The zero-order valence-electron chi connectivity index (χ0n) is 19.6. The normalized spacial score (nSPS) is 28.5. The largest absolute Gasteiger partial charge is 1.00 e. The zero-order valence-corrected chi connectivity index (χ0v) is 21.6. The molecular weight excluding hydrogens is 495 g/mol. The van der Waals surface area contributed by atoms with E-state index in [-0.39, 0.29) is 41.1 Å². The molecule has 10 nitrogen and oxygen atoms in total. The molecule has 0 spiro atoms. The van der Waals surface area contributed by atoms with Crippen LogP contribution in [0.25, 0.3) is 0 Å². The summed E-state index contributed by atoms with van der Waals surface area (Å²) in [6, 6.07) is 19.4. The molecule has 1 fully saturated rings. The van der Waals surface area contributed by atoms with Crippen molar-refractivity contribution in [2.45, 2.75) is 36.3 Å². The Kier molecular flexibility index (Phi) is 7.63. The van der Waals surface area contributed by atoms with Crippen molar-refractivity contribution in [1.82, 2.24) is 0 Å². The van der Waals surface area contributed by atoms with Gasteiger partial charge >= 0.3 is 35.5 Å². The number of aromatic hydroxyl groups is 1. The Hall–Kier alpha value is -2.96. The maximum Gasteiger partial charge on any atom is 1.00 e. The number of fused-ring (bicyclic) bond motifs is 1. The molecule has 0 amide bonds. The van der Waals surface area contributed by atoms with E-state index < -0.39 is 48.2 Å². The molecule has 2 heterocycles. The summed E-state index contributed by atoms with van der Waals surface area (Å²) < 4.78 is 16.6. The van der Waals surface area contributed by atoms with Gasteiger partial charge in [0.25, 0.3) is 0 Å². The van der Waals surface area contributed by atoms with E-state index in [4.69, 9.17) is 14.2 Å². The first-order chi connectivity index (χ1) is 17.2. The van der Waals surface area contributed by atoms with Crippen molar-refractivity contribution < 1.29 is 78.9 Å². The molecule has 3 aromatic carbocycles. The van der Waals surface area contributed by atoms with Gasteiger partial charge in [0.1, 0.15) is 35.9 Å². The maximum absolute atomic E-state index is 12.8. The van der Waals surface area contributed by atoms with Crippen LogP contribution >= 0.6 is 0 Å². The van der Waals surface area contributed by atoms with Crippen LogP contribution in [0, 0.1) is 0 Å². The van der Waals surface area contributed by atoms with Crippen molar-refractivity contribution in [3.05, 3.63) is 95.1 Å². The van der Waals surface area contributed by atoms with Crippen LogP contribution < -0.4 is 39.4 Å². The minimum atomic E-state index is -1.90. The number of benzene rings is 3. The number of carbonyl (C=O) groups excluding carboxylic acids is 2. The van der Waals surface area contributed by atoms with Crippen LogP contribution in [-0.4, -0.2) is 63.1 Å². The first-order valence-electron chi connectivity index (χ1n) is 11.0. The van der Waals surface area contributed by atoms with E-state index in [1.165, 1.54) is 24.3 Å². The van der Waals surface area contributed by atoms with Gasteiger partial charge in [0.2, 0.25) is 6.29 Å². The topological polar surface area (TPSA) is 166 Å². The first-order valence-corrected chi connectivity index (χ1v) is 11.0. The molecule has 2 aliphatic heterocycles. The average molecular weight is 516 g/mol. The van der Waals surface area contributed by atoms with Crippen molar-refractivity contribution in [3.8, 4) is 11.5 Å². The molecule has 0 aromatic heterocycles. The van der Waals surface area contributed by atoms with Gasteiger partial charge in [-0.15, -0.1) is 0 Å². The van der Waals surface area contributed by atoms with Gasteiger partial charge < -0.3 is 44.5 Å². The van der Waals surface area contributed by atoms with E-state index in [0.717, 1.165) is 0 Å². The number of phenols is 1. The van der Waals surface area contributed by atoms with Gasteiger partial charge in [0.05, 0.1) is 11.5 Å². The van der Waals surface area contributed by atoms with Crippen LogP contribution in [0.4, 0.5) is 0 Å². The van der Waals surface area contributed by atoms with Gasteiger partial charge in [0, 0.05) is 16.7 Å². The molecule has 6 atom stereocenters. The van der Waals surface area contributed by atoms with Crippen LogP contribution in [0.15, 0.2) is 72.8 Å². The summed E-state index contributed by atoms with van der Waals surface area (Å²) in [5.74, 6) is -2.10. The zero-order chi connectivity index (χ0) is 25.6. The van der Waals surface area contributed by atoms with Gasteiger partial charge in [-0.1, -0.05) is 42.5 Å². The van der Waals surface area contributed by atoms with Gasteiger partial charge in [-0.2, -0.15) is 0 Å². The van der Waals surface area contributed by atoms with E-state index >= 15 is 0 Å². The van der Waals surface area contributed by atoms with Gasteiger partial charge in [-0.3, -0.25) is 0 Å². The van der Waals surface area contributed by atoms with Gasteiger partial charge in [0.15, 0.2) is 5.60 Å². The van der Waals surface area contributed by atoms with Crippen molar-refractivity contribution in [2.24, 2.45) is 0 Å². The molecule has 0 saturated carbocycles. The Bertz CT molecular complexity index is 1300. The van der Waals surface area contributed by atoms with E-state index in [2.05, 4.69) is 0 Å². The van der Waals surface area contributed by atoms with Crippen LogP contribution in [0.1, 0.15) is 27.0 Å². The second-order valence-electron chi connectivity index (χ2n) is 8.52. The van der Waals surface area contributed by atoms with Gasteiger partial charge in [-0.25, -0.2) is 4.79 Å². The van der Waals surface area contributed by atoms with E-state index in [1.54, 1.807) is 48.5 Å². The van der Waals surface area contributed by atoms with Crippen molar-refractivity contribution >= 4 is 11.9 Å². The predicted molar refractivity (Wildman–Crippen MR) is 119 cm³/mol. The number of hydrogen-bond donors (Lipinski definition) is 4.